The Hall–Kier alpha value is -2.04. The van der Waals surface area contributed by atoms with Crippen molar-refractivity contribution in [2.75, 3.05) is 11.9 Å². The van der Waals surface area contributed by atoms with Crippen LogP contribution in [0.15, 0.2) is 18.2 Å². The van der Waals surface area contributed by atoms with Crippen molar-refractivity contribution in [2.24, 2.45) is 0 Å². The van der Waals surface area contributed by atoms with Crippen LogP contribution in [0.4, 0.5) is 5.69 Å². The van der Waals surface area contributed by atoms with Crippen LogP contribution in [0.1, 0.15) is 24.2 Å². The van der Waals surface area contributed by atoms with Gasteiger partial charge in [-0.25, -0.2) is 4.79 Å². The van der Waals surface area contributed by atoms with Gasteiger partial charge in [0.25, 0.3) is 5.91 Å². The highest BCUT2D eigenvalue weighted by atomic mass is 16.5. The molecule has 1 N–H and O–H groups in total. The van der Waals surface area contributed by atoms with Crippen LogP contribution in [0.3, 0.4) is 0 Å². The van der Waals surface area contributed by atoms with Crippen LogP contribution >= 0.6 is 0 Å². The van der Waals surface area contributed by atoms with Crippen molar-refractivity contribution in [3.63, 3.8) is 0 Å². The quantitative estimate of drug-likeness (QED) is 0.790. The predicted octanol–water partition coefficient (Wildman–Crippen LogP) is 1.58. The molecule has 0 fully saturated rings. The lowest BCUT2D eigenvalue weighted by Gasteiger charge is -2.23. The molecule has 0 aromatic heterocycles. The van der Waals surface area contributed by atoms with Crippen molar-refractivity contribution >= 4 is 17.6 Å². The van der Waals surface area contributed by atoms with E-state index in [0.717, 1.165) is 0 Å². The Morgan fingerprint density at radius 1 is 1.53 bits per heavy atom. The average Bonchev–Trinajstić information content (AvgIpc) is 2.30. The van der Waals surface area contributed by atoms with Gasteiger partial charge in [-0.2, -0.15) is 0 Å². The number of ether oxygens (including phenoxy) is 2. The van der Waals surface area contributed by atoms with Crippen LogP contribution in [0.25, 0.3) is 0 Å². The van der Waals surface area contributed by atoms with Crippen molar-refractivity contribution in [1.29, 1.82) is 0 Å². The van der Waals surface area contributed by atoms with Crippen LogP contribution in [0.5, 0.6) is 5.75 Å². The molecule has 1 aromatic carbocycles. The summed E-state index contributed by atoms with van der Waals surface area (Å²) in [5, 5.41) is 2.68. The maximum absolute atomic E-state index is 11.5. The molecule has 1 heterocycles. The standard InChI is InChI=1S/C12H13NO4/c1-3-16-12(15)8-4-5-10-9(6-8)13-11(14)7(2)17-10/h4-7H,3H2,1-2H3,(H,13,14). The molecule has 0 saturated heterocycles. The van der Waals surface area contributed by atoms with E-state index in [1.807, 2.05) is 0 Å². The highest BCUT2D eigenvalue weighted by Crippen LogP contribution is 2.30. The molecular formula is C12H13NO4. The first kappa shape index (κ1) is 11.4. The fourth-order valence-electron chi connectivity index (χ4n) is 1.55. The zero-order valence-electron chi connectivity index (χ0n) is 9.65. The highest BCUT2D eigenvalue weighted by Gasteiger charge is 2.24. The van der Waals surface area contributed by atoms with E-state index in [4.69, 9.17) is 9.47 Å². The summed E-state index contributed by atoms with van der Waals surface area (Å²) in [7, 11) is 0. The largest absolute Gasteiger partial charge is 0.479 e. The molecule has 1 atom stereocenters. The molecule has 0 saturated carbocycles. The summed E-state index contributed by atoms with van der Waals surface area (Å²) in [5.41, 5.74) is 0.891. The Labute approximate surface area is 98.7 Å². The molecule has 5 heteroatoms. The molecule has 1 unspecified atom stereocenters. The summed E-state index contributed by atoms with van der Waals surface area (Å²) >= 11 is 0. The van der Waals surface area contributed by atoms with Gasteiger partial charge in [0.05, 0.1) is 17.9 Å². The summed E-state index contributed by atoms with van der Waals surface area (Å²) in [6.45, 7) is 3.72. The zero-order chi connectivity index (χ0) is 12.4. The van der Waals surface area contributed by atoms with Gasteiger partial charge in [-0.3, -0.25) is 4.79 Å². The first-order valence-corrected chi connectivity index (χ1v) is 5.40. The molecular weight excluding hydrogens is 222 g/mol. The smallest absolute Gasteiger partial charge is 0.338 e. The van der Waals surface area contributed by atoms with Crippen LogP contribution in [-0.4, -0.2) is 24.6 Å². The van der Waals surface area contributed by atoms with E-state index in [1.165, 1.54) is 0 Å². The van der Waals surface area contributed by atoms with Gasteiger partial charge in [-0.15, -0.1) is 0 Å². The topological polar surface area (TPSA) is 64.6 Å². The second-order valence-electron chi connectivity index (χ2n) is 3.68. The van der Waals surface area contributed by atoms with Gasteiger partial charge in [-0.05, 0) is 32.0 Å². The van der Waals surface area contributed by atoms with Gasteiger partial charge in [0.2, 0.25) is 0 Å². The number of hydrogen-bond acceptors (Lipinski definition) is 4. The number of fused-ring (bicyclic) bond motifs is 1. The Morgan fingerprint density at radius 2 is 2.29 bits per heavy atom. The van der Waals surface area contributed by atoms with Gasteiger partial charge in [-0.1, -0.05) is 0 Å². The molecule has 17 heavy (non-hydrogen) atoms. The van der Waals surface area contributed by atoms with Crippen molar-refractivity contribution < 1.29 is 19.1 Å². The minimum absolute atomic E-state index is 0.224. The lowest BCUT2D eigenvalue weighted by Crippen LogP contribution is -2.34. The van der Waals surface area contributed by atoms with Gasteiger partial charge < -0.3 is 14.8 Å². The molecule has 1 aromatic rings. The Morgan fingerprint density at radius 3 is 3.00 bits per heavy atom. The molecule has 0 spiro atoms. The molecule has 90 valence electrons. The molecule has 0 radical (unpaired) electrons. The lowest BCUT2D eigenvalue weighted by molar-refractivity contribution is -0.122. The summed E-state index contributed by atoms with van der Waals surface area (Å²) in [6.07, 6.45) is -0.518. The normalized spacial score (nSPS) is 17.8. The molecule has 1 amide bonds. The van der Waals surface area contributed by atoms with Crippen molar-refractivity contribution in [3.8, 4) is 5.75 Å². The fourth-order valence-corrected chi connectivity index (χ4v) is 1.55. The van der Waals surface area contributed by atoms with Gasteiger partial charge >= 0.3 is 5.97 Å². The van der Waals surface area contributed by atoms with E-state index in [2.05, 4.69) is 5.32 Å². The van der Waals surface area contributed by atoms with Crippen molar-refractivity contribution in [1.82, 2.24) is 0 Å². The first-order chi connectivity index (χ1) is 8.11. The summed E-state index contributed by atoms with van der Waals surface area (Å²) in [6, 6.07) is 4.82. The first-order valence-electron chi connectivity index (χ1n) is 5.40. The van der Waals surface area contributed by atoms with E-state index in [-0.39, 0.29) is 5.91 Å². The number of hydrogen-bond donors (Lipinski definition) is 1. The van der Waals surface area contributed by atoms with Gasteiger partial charge in [0.15, 0.2) is 6.10 Å². The van der Waals surface area contributed by atoms with E-state index >= 15 is 0 Å². The lowest BCUT2D eigenvalue weighted by atomic mass is 10.1. The molecule has 5 nitrogen and oxygen atoms in total. The third kappa shape index (κ3) is 2.22. The second-order valence-corrected chi connectivity index (χ2v) is 3.68. The minimum Gasteiger partial charge on any atom is -0.479 e. The van der Waals surface area contributed by atoms with E-state index in [9.17, 15) is 9.59 Å². The highest BCUT2D eigenvalue weighted by molar-refractivity contribution is 5.99. The molecule has 0 bridgehead atoms. The molecule has 2 rings (SSSR count). The Balaban J connectivity index is 2.28. The number of benzene rings is 1. The van der Waals surface area contributed by atoms with Crippen molar-refractivity contribution in [2.45, 2.75) is 20.0 Å². The Kier molecular flexibility index (Phi) is 2.99. The SMILES string of the molecule is CCOC(=O)c1ccc2c(c1)NC(=O)C(C)O2. The van der Waals surface area contributed by atoms with E-state index in [1.54, 1.807) is 32.0 Å². The molecule has 0 aliphatic carbocycles. The monoisotopic (exact) mass is 235 g/mol. The van der Waals surface area contributed by atoms with Crippen LogP contribution < -0.4 is 10.1 Å². The number of rotatable bonds is 2. The minimum atomic E-state index is -0.518. The number of anilines is 1. The second kappa shape index (κ2) is 4.45. The molecule has 1 aliphatic rings. The number of carbonyl (C=O) groups excluding carboxylic acids is 2. The number of carbonyl (C=O) groups is 2. The Bertz CT molecular complexity index is 470. The van der Waals surface area contributed by atoms with Gasteiger partial charge in [0.1, 0.15) is 5.75 Å². The maximum atomic E-state index is 11.5. The van der Waals surface area contributed by atoms with Crippen LogP contribution in [-0.2, 0) is 9.53 Å². The van der Waals surface area contributed by atoms with Crippen LogP contribution in [0.2, 0.25) is 0 Å². The molecule has 1 aliphatic heterocycles. The number of nitrogens with one attached hydrogen (secondary N) is 1. The summed E-state index contributed by atoms with van der Waals surface area (Å²) in [4.78, 5) is 22.9. The zero-order valence-corrected chi connectivity index (χ0v) is 9.65. The van der Waals surface area contributed by atoms with Crippen LogP contribution in [0, 0.1) is 0 Å². The fraction of sp³-hybridized carbons (Fsp3) is 0.333. The summed E-state index contributed by atoms with van der Waals surface area (Å²) in [5.74, 6) is -0.0770. The van der Waals surface area contributed by atoms with Crippen molar-refractivity contribution in [3.05, 3.63) is 23.8 Å². The summed E-state index contributed by atoms with van der Waals surface area (Å²) < 4.78 is 10.2. The van der Waals surface area contributed by atoms with Gasteiger partial charge in [0, 0.05) is 0 Å². The predicted molar refractivity (Wildman–Crippen MR) is 61.1 cm³/mol. The average molecular weight is 235 g/mol. The maximum Gasteiger partial charge on any atom is 0.338 e. The number of esters is 1. The van der Waals surface area contributed by atoms with E-state index < -0.39 is 12.1 Å². The third-order valence-electron chi connectivity index (χ3n) is 2.42. The van der Waals surface area contributed by atoms with E-state index in [0.29, 0.717) is 23.6 Å². The number of amides is 1. The third-order valence-corrected chi connectivity index (χ3v) is 2.42.